The molecule has 3 aromatic rings. The Morgan fingerprint density at radius 2 is 2.12 bits per heavy atom. The third-order valence-electron chi connectivity index (χ3n) is 3.64. The first kappa shape index (κ1) is 16.6. The van der Waals surface area contributed by atoms with E-state index in [0.29, 0.717) is 12.2 Å². The lowest BCUT2D eigenvalue weighted by Gasteiger charge is -2.11. The van der Waals surface area contributed by atoms with Crippen LogP contribution in [-0.2, 0) is 0 Å². The largest absolute Gasteiger partial charge is 0.494 e. The quantitative estimate of drug-likeness (QED) is 0.748. The normalized spacial score (nSPS) is 10.5. The molecule has 1 N–H and O–H groups in total. The Kier molecular flexibility index (Phi) is 5.03. The molecule has 0 aliphatic heterocycles. The van der Waals surface area contributed by atoms with E-state index < -0.39 is 0 Å². The standard InChI is InChI=1S/C18H19N5O2/c1-3-9-25-16-7-8-17(13(2)10-16)20-18(24)14-5-4-6-15(11-14)23-12-19-21-22-23/h4-8,10-12H,3,9H2,1-2H3,(H,20,24). The monoisotopic (exact) mass is 337 g/mol. The van der Waals surface area contributed by atoms with Crippen LogP contribution in [0.15, 0.2) is 48.8 Å². The Bertz CT molecular complexity index is 862. The maximum absolute atomic E-state index is 12.5. The van der Waals surface area contributed by atoms with Crippen molar-refractivity contribution in [2.24, 2.45) is 0 Å². The number of anilines is 1. The lowest BCUT2D eigenvalue weighted by molar-refractivity contribution is 0.102. The Labute approximate surface area is 145 Å². The van der Waals surface area contributed by atoms with Crippen LogP contribution in [0.5, 0.6) is 5.75 Å². The van der Waals surface area contributed by atoms with Gasteiger partial charge in [0.15, 0.2) is 0 Å². The third kappa shape index (κ3) is 4.00. The van der Waals surface area contributed by atoms with Crippen molar-refractivity contribution < 1.29 is 9.53 Å². The third-order valence-corrected chi connectivity index (χ3v) is 3.64. The van der Waals surface area contributed by atoms with Crippen LogP contribution in [0.2, 0.25) is 0 Å². The molecule has 1 aromatic heterocycles. The highest BCUT2D eigenvalue weighted by atomic mass is 16.5. The zero-order valence-electron chi connectivity index (χ0n) is 14.1. The zero-order valence-corrected chi connectivity index (χ0v) is 14.1. The molecule has 0 fully saturated rings. The smallest absolute Gasteiger partial charge is 0.255 e. The molecule has 3 rings (SSSR count). The highest BCUT2D eigenvalue weighted by Crippen LogP contribution is 2.22. The number of tetrazole rings is 1. The number of aromatic nitrogens is 4. The molecule has 0 saturated carbocycles. The van der Waals surface area contributed by atoms with Gasteiger partial charge in [0, 0.05) is 11.3 Å². The van der Waals surface area contributed by atoms with Gasteiger partial charge in [-0.3, -0.25) is 4.79 Å². The van der Waals surface area contributed by atoms with Crippen LogP contribution in [-0.4, -0.2) is 32.7 Å². The van der Waals surface area contributed by atoms with Gasteiger partial charge in [-0.2, -0.15) is 0 Å². The molecule has 0 aliphatic rings. The molecule has 128 valence electrons. The maximum Gasteiger partial charge on any atom is 0.255 e. The van der Waals surface area contributed by atoms with Crippen LogP contribution in [0.3, 0.4) is 0 Å². The molecule has 7 heteroatoms. The minimum atomic E-state index is -0.194. The van der Waals surface area contributed by atoms with E-state index in [1.807, 2.05) is 31.2 Å². The van der Waals surface area contributed by atoms with Gasteiger partial charge in [-0.25, -0.2) is 4.68 Å². The summed E-state index contributed by atoms with van der Waals surface area (Å²) in [6.45, 7) is 4.67. The van der Waals surface area contributed by atoms with Gasteiger partial charge in [0.05, 0.1) is 12.3 Å². The molecular weight excluding hydrogens is 318 g/mol. The second-order valence-electron chi connectivity index (χ2n) is 5.58. The van der Waals surface area contributed by atoms with E-state index >= 15 is 0 Å². The predicted molar refractivity (Wildman–Crippen MR) is 94.1 cm³/mol. The summed E-state index contributed by atoms with van der Waals surface area (Å²) in [6, 6.07) is 12.7. The topological polar surface area (TPSA) is 81.9 Å². The van der Waals surface area contributed by atoms with Crippen molar-refractivity contribution in [2.75, 3.05) is 11.9 Å². The van der Waals surface area contributed by atoms with Crippen molar-refractivity contribution in [3.05, 3.63) is 59.9 Å². The summed E-state index contributed by atoms with van der Waals surface area (Å²) < 4.78 is 7.11. The SMILES string of the molecule is CCCOc1ccc(NC(=O)c2cccc(-n3cnnn3)c2)c(C)c1. The van der Waals surface area contributed by atoms with Crippen LogP contribution in [0, 0.1) is 6.92 Å². The van der Waals surface area contributed by atoms with Crippen LogP contribution >= 0.6 is 0 Å². The predicted octanol–water partition coefficient (Wildman–Crippen LogP) is 3.01. The highest BCUT2D eigenvalue weighted by molar-refractivity contribution is 6.05. The number of nitrogens with zero attached hydrogens (tertiary/aromatic N) is 4. The number of benzene rings is 2. The second-order valence-corrected chi connectivity index (χ2v) is 5.58. The van der Waals surface area contributed by atoms with E-state index in [1.165, 1.54) is 11.0 Å². The number of carbonyl (C=O) groups excluding carboxylic acids is 1. The molecule has 25 heavy (non-hydrogen) atoms. The molecule has 0 unspecified atom stereocenters. The Hall–Kier alpha value is -3.22. The number of nitrogens with one attached hydrogen (secondary N) is 1. The highest BCUT2D eigenvalue weighted by Gasteiger charge is 2.10. The van der Waals surface area contributed by atoms with E-state index in [4.69, 9.17) is 4.74 Å². The minimum absolute atomic E-state index is 0.194. The van der Waals surface area contributed by atoms with Crippen LogP contribution in [0.1, 0.15) is 29.3 Å². The fourth-order valence-electron chi connectivity index (χ4n) is 2.35. The van der Waals surface area contributed by atoms with Gasteiger partial charge >= 0.3 is 0 Å². The van der Waals surface area contributed by atoms with E-state index in [1.54, 1.807) is 18.2 Å². The average Bonchev–Trinajstić information content (AvgIpc) is 3.17. The Morgan fingerprint density at radius 1 is 1.24 bits per heavy atom. The van der Waals surface area contributed by atoms with E-state index in [-0.39, 0.29) is 5.91 Å². The van der Waals surface area contributed by atoms with E-state index in [9.17, 15) is 4.79 Å². The summed E-state index contributed by atoms with van der Waals surface area (Å²) in [7, 11) is 0. The summed E-state index contributed by atoms with van der Waals surface area (Å²) in [4.78, 5) is 12.5. The van der Waals surface area contributed by atoms with Gasteiger partial charge in [-0.1, -0.05) is 13.0 Å². The van der Waals surface area contributed by atoms with Crippen LogP contribution in [0.4, 0.5) is 5.69 Å². The van der Waals surface area contributed by atoms with Crippen LogP contribution in [0.25, 0.3) is 5.69 Å². The Balaban J connectivity index is 1.75. The summed E-state index contributed by atoms with van der Waals surface area (Å²) >= 11 is 0. The number of hydrogen-bond donors (Lipinski definition) is 1. The minimum Gasteiger partial charge on any atom is -0.494 e. The van der Waals surface area contributed by atoms with E-state index in [2.05, 4.69) is 27.8 Å². The fourth-order valence-corrected chi connectivity index (χ4v) is 2.35. The number of rotatable bonds is 6. The van der Waals surface area contributed by atoms with E-state index in [0.717, 1.165) is 29.1 Å². The van der Waals surface area contributed by atoms with Crippen LogP contribution < -0.4 is 10.1 Å². The molecule has 0 aliphatic carbocycles. The Morgan fingerprint density at radius 3 is 2.84 bits per heavy atom. The number of hydrogen-bond acceptors (Lipinski definition) is 5. The number of ether oxygens (including phenoxy) is 1. The van der Waals surface area contributed by atoms with Crippen molar-refractivity contribution in [3.8, 4) is 11.4 Å². The molecule has 0 spiro atoms. The van der Waals surface area contributed by atoms with Crippen molar-refractivity contribution in [1.29, 1.82) is 0 Å². The lowest BCUT2D eigenvalue weighted by atomic mass is 10.1. The van der Waals surface area contributed by atoms with Gasteiger partial charge in [-0.15, -0.1) is 5.10 Å². The van der Waals surface area contributed by atoms with Gasteiger partial charge in [0.25, 0.3) is 5.91 Å². The number of aryl methyl sites for hydroxylation is 1. The van der Waals surface area contributed by atoms with Gasteiger partial charge in [0.2, 0.25) is 0 Å². The van der Waals surface area contributed by atoms with Crippen molar-refractivity contribution >= 4 is 11.6 Å². The molecule has 0 atom stereocenters. The molecular formula is C18H19N5O2. The van der Waals surface area contributed by atoms with Gasteiger partial charge < -0.3 is 10.1 Å². The number of amides is 1. The van der Waals surface area contributed by atoms with Crippen molar-refractivity contribution in [3.63, 3.8) is 0 Å². The fraction of sp³-hybridized carbons (Fsp3) is 0.222. The summed E-state index contributed by atoms with van der Waals surface area (Å²) in [5, 5.41) is 14.0. The lowest BCUT2D eigenvalue weighted by Crippen LogP contribution is -2.13. The van der Waals surface area contributed by atoms with Gasteiger partial charge in [-0.05, 0) is 65.7 Å². The maximum atomic E-state index is 12.5. The second kappa shape index (κ2) is 7.57. The first-order valence-electron chi connectivity index (χ1n) is 8.05. The van der Waals surface area contributed by atoms with Crippen molar-refractivity contribution in [1.82, 2.24) is 20.2 Å². The molecule has 7 nitrogen and oxygen atoms in total. The first-order chi connectivity index (χ1) is 12.2. The summed E-state index contributed by atoms with van der Waals surface area (Å²) in [5.41, 5.74) is 2.94. The van der Waals surface area contributed by atoms with Crippen molar-refractivity contribution in [2.45, 2.75) is 20.3 Å². The molecule has 0 saturated heterocycles. The first-order valence-corrected chi connectivity index (χ1v) is 8.05. The van der Waals surface area contributed by atoms with Gasteiger partial charge in [0.1, 0.15) is 12.1 Å². The molecule has 2 aromatic carbocycles. The summed E-state index contributed by atoms with van der Waals surface area (Å²) in [5.74, 6) is 0.610. The molecule has 1 amide bonds. The zero-order chi connectivity index (χ0) is 17.6. The molecule has 0 bridgehead atoms. The molecule has 1 heterocycles. The molecule has 0 radical (unpaired) electrons. The number of carbonyl (C=O) groups is 1. The average molecular weight is 337 g/mol. The summed E-state index contributed by atoms with van der Waals surface area (Å²) in [6.07, 6.45) is 2.44.